The van der Waals surface area contributed by atoms with Gasteiger partial charge in [-0.2, -0.15) is 0 Å². The fourth-order valence-corrected chi connectivity index (χ4v) is 6.06. The predicted octanol–water partition coefficient (Wildman–Crippen LogP) is 9.11. The summed E-state index contributed by atoms with van der Waals surface area (Å²) in [6, 6.07) is 29.8. The second-order valence-corrected chi connectivity index (χ2v) is 10.8. The predicted molar refractivity (Wildman–Crippen MR) is 158 cm³/mol. The molecule has 4 aromatic rings. The van der Waals surface area contributed by atoms with Crippen LogP contribution in [0.4, 0.5) is 11.4 Å². The number of allylic oxidation sites excluding steroid dienone is 2. The number of fused-ring (bicyclic) bond motifs is 3. The Bertz CT molecular complexity index is 1500. The molecule has 2 aliphatic rings. The van der Waals surface area contributed by atoms with E-state index in [0.717, 1.165) is 23.2 Å². The monoisotopic (exact) mass is 518 g/mol. The van der Waals surface area contributed by atoms with Crippen LogP contribution >= 0.6 is 11.6 Å². The molecule has 0 saturated carbocycles. The van der Waals surface area contributed by atoms with Crippen molar-refractivity contribution >= 4 is 29.2 Å². The lowest BCUT2D eigenvalue weighted by atomic mass is 9.77. The number of anilines is 1. The molecule has 4 aromatic carbocycles. The maximum atomic E-state index is 6.53. The van der Waals surface area contributed by atoms with Crippen LogP contribution in [0.15, 0.2) is 102 Å². The molecule has 0 fully saturated rings. The molecule has 0 unspecified atom stereocenters. The number of hydrogen-bond acceptors (Lipinski definition) is 3. The Labute approximate surface area is 229 Å². The third kappa shape index (κ3) is 5.12. The van der Waals surface area contributed by atoms with Gasteiger partial charge < -0.3 is 10.1 Å². The van der Waals surface area contributed by atoms with E-state index in [1.54, 1.807) is 0 Å². The van der Waals surface area contributed by atoms with Crippen molar-refractivity contribution in [2.75, 3.05) is 5.32 Å². The van der Waals surface area contributed by atoms with E-state index < -0.39 is 0 Å². The highest BCUT2D eigenvalue weighted by Gasteiger charge is 2.37. The van der Waals surface area contributed by atoms with Crippen molar-refractivity contribution in [2.24, 2.45) is 10.9 Å². The minimum atomic E-state index is 0.290. The van der Waals surface area contributed by atoms with E-state index in [-0.39, 0.29) is 6.04 Å². The lowest BCUT2D eigenvalue weighted by Crippen LogP contribution is -2.28. The van der Waals surface area contributed by atoms with Crippen LogP contribution in [0.1, 0.15) is 51.8 Å². The van der Waals surface area contributed by atoms with Crippen molar-refractivity contribution in [1.29, 1.82) is 0 Å². The Balaban J connectivity index is 1.12. The lowest BCUT2D eigenvalue weighted by molar-refractivity contribution is 0.306. The van der Waals surface area contributed by atoms with E-state index in [9.17, 15) is 0 Å². The summed E-state index contributed by atoms with van der Waals surface area (Å²) in [7, 11) is 0. The summed E-state index contributed by atoms with van der Waals surface area (Å²) in [6.07, 6.45) is 7.65. The summed E-state index contributed by atoms with van der Waals surface area (Å²) in [5.74, 6) is 1.69. The van der Waals surface area contributed by atoms with E-state index in [2.05, 4.69) is 98.0 Å². The van der Waals surface area contributed by atoms with Crippen molar-refractivity contribution in [1.82, 2.24) is 0 Å². The highest BCUT2D eigenvalue weighted by Crippen LogP contribution is 2.49. The van der Waals surface area contributed by atoms with Gasteiger partial charge in [0.05, 0.1) is 16.8 Å². The van der Waals surface area contributed by atoms with Gasteiger partial charge in [0, 0.05) is 17.8 Å². The molecule has 1 N–H and O–H groups in total. The summed E-state index contributed by atoms with van der Waals surface area (Å²) < 4.78 is 5.99. The van der Waals surface area contributed by atoms with Gasteiger partial charge in [0.2, 0.25) is 0 Å². The number of aryl methyl sites for hydroxylation is 2. The molecule has 0 spiro atoms. The van der Waals surface area contributed by atoms with Crippen LogP contribution in [0, 0.1) is 19.8 Å². The number of nitrogens with one attached hydrogen (secondary N) is 1. The molecule has 4 heteroatoms. The number of ether oxygens (including phenoxy) is 1. The topological polar surface area (TPSA) is 33.6 Å². The molecule has 6 rings (SSSR count). The zero-order chi connectivity index (χ0) is 26.1. The van der Waals surface area contributed by atoms with Crippen molar-refractivity contribution < 1.29 is 4.74 Å². The Hall–Kier alpha value is -3.82. The minimum Gasteiger partial charge on any atom is -0.487 e. The fourth-order valence-electron chi connectivity index (χ4n) is 5.82. The maximum Gasteiger partial charge on any atom is 0.138 e. The molecule has 1 heterocycles. The van der Waals surface area contributed by atoms with E-state index in [0.29, 0.717) is 29.2 Å². The third-order valence-electron chi connectivity index (χ3n) is 7.52. The van der Waals surface area contributed by atoms with Crippen molar-refractivity contribution in [3.63, 3.8) is 0 Å². The van der Waals surface area contributed by atoms with E-state index in [1.165, 1.54) is 27.9 Å². The first-order valence-corrected chi connectivity index (χ1v) is 13.6. The molecular weight excluding hydrogens is 488 g/mol. The SMILES string of the molecule is Cc1cc(C)cc(COc2ccc(C=Nc3ccc([C@@H]4Nc5ccccc5[C@@H]5C=CC[C@@H]54)cc3)cc2Cl)c1. The Morgan fingerprint density at radius 1 is 0.947 bits per heavy atom. The smallest absolute Gasteiger partial charge is 0.138 e. The van der Waals surface area contributed by atoms with Crippen molar-refractivity contribution in [2.45, 2.75) is 38.8 Å². The molecule has 38 heavy (non-hydrogen) atoms. The number of rotatable bonds is 6. The highest BCUT2D eigenvalue weighted by atomic mass is 35.5. The highest BCUT2D eigenvalue weighted by molar-refractivity contribution is 6.32. The molecule has 0 saturated heterocycles. The van der Waals surface area contributed by atoms with E-state index in [4.69, 9.17) is 21.3 Å². The van der Waals surface area contributed by atoms with Gasteiger partial charge in [-0.05, 0) is 84.8 Å². The summed E-state index contributed by atoms with van der Waals surface area (Å²) in [5.41, 5.74) is 9.39. The molecule has 0 bridgehead atoms. The molecule has 0 amide bonds. The number of benzene rings is 4. The molecule has 1 aliphatic carbocycles. The van der Waals surface area contributed by atoms with Crippen LogP contribution in [0.5, 0.6) is 5.75 Å². The maximum absolute atomic E-state index is 6.53. The number of aliphatic imine (C=N–C) groups is 1. The first kappa shape index (κ1) is 24.5. The molecule has 0 radical (unpaired) electrons. The summed E-state index contributed by atoms with van der Waals surface area (Å²) in [4.78, 5) is 4.69. The number of para-hydroxylation sites is 1. The largest absolute Gasteiger partial charge is 0.487 e. The summed E-state index contributed by atoms with van der Waals surface area (Å²) in [6.45, 7) is 4.68. The standard InChI is InChI=1S/C34H31ClN2O/c1-22-16-23(2)18-25(17-22)21-38-33-15-10-24(19-31(33)35)20-36-27-13-11-26(12-14-27)34-30-8-5-7-28(30)29-6-3-4-9-32(29)37-34/h3-7,9-20,28,30,34,37H,8,21H2,1-2H3/t28-,30-,34-/m0/s1. The average molecular weight is 519 g/mol. The van der Waals surface area contributed by atoms with Crippen LogP contribution in [-0.4, -0.2) is 6.21 Å². The van der Waals surface area contributed by atoms with Gasteiger partial charge in [0.25, 0.3) is 0 Å². The molecule has 0 aromatic heterocycles. The van der Waals surface area contributed by atoms with Gasteiger partial charge in [0.15, 0.2) is 0 Å². The molecule has 1 aliphatic heterocycles. The normalized spacial score (nSPS) is 19.7. The summed E-state index contributed by atoms with van der Waals surface area (Å²) in [5, 5.41) is 4.38. The Morgan fingerprint density at radius 2 is 1.74 bits per heavy atom. The lowest BCUT2D eigenvalue weighted by Gasteiger charge is -2.37. The van der Waals surface area contributed by atoms with Crippen molar-refractivity contribution in [3.05, 3.63) is 135 Å². The quantitative estimate of drug-likeness (QED) is 0.204. The van der Waals surface area contributed by atoms with E-state index >= 15 is 0 Å². The zero-order valence-electron chi connectivity index (χ0n) is 21.7. The third-order valence-corrected chi connectivity index (χ3v) is 7.81. The summed E-state index contributed by atoms with van der Waals surface area (Å²) >= 11 is 6.53. The first-order chi connectivity index (χ1) is 18.5. The molecular formula is C34H31ClN2O. The molecule has 3 atom stereocenters. The Kier molecular flexibility index (Phi) is 6.78. The second-order valence-electron chi connectivity index (χ2n) is 10.4. The molecule has 3 nitrogen and oxygen atoms in total. The number of hydrogen-bond donors (Lipinski definition) is 1. The average Bonchev–Trinajstić information content (AvgIpc) is 3.41. The molecule has 190 valence electrons. The van der Waals surface area contributed by atoms with Crippen LogP contribution in [-0.2, 0) is 6.61 Å². The second kappa shape index (κ2) is 10.5. The number of nitrogens with zero attached hydrogens (tertiary/aromatic N) is 1. The van der Waals surface area contributed by atoms with Crippen LogP contribution < -0.4 is 10.1 Å². The first-order valence-electron chi connectivity index (χ1n) is 13.2. The van der Waals surface area contributed by atoms with Crippen molar-refractivity contribution in [3.8, 4) is 5.75 Å². The Morgan fingerprint density at radius 3 is 2.53 bits per heavy atom. The van der Waals surface area contributed by atoms with Crippen LogP contribution in [0.25, 0.3) is 0 Å². The van der Waals surface area contributed by atoms with Gasteiger partial charge in [-0.1, -0.05) is 83.4 Å². The van der Waals surface area contributed by atoms with Crippen LogP contribution in [0.2, 0.25) is 5.02 Å². The van der Waals surface area contributed by atoms with Gasteiger partial charge in [-0.3, -0.25) is 4.99 Å². The van der Waals surface area contributed by atoms with Gasteiger partial charge in [-0.15, -0.1) is 0 Å². The van der Waals surface area contributed by atoms with Gasteiger partial charge in [-0.25, -0.2) is 0 Å². The minimum absolute atomic E-state index is 0.290. The fraction of sp³-hybridized carbons (Fsp3) is 0.206. The van der Waals surface area contributed by atoms with Gasteiger partial charge in [0.1, 0.15) is 12.4 Å². The van der Waals surface area contributed by atoms with Crippen LogP contribution in [0.3, 0.4) is 0 Å². The number of halogens is 1. The van der Waals surface area contributed by atoms with Gasteiger partial charge >= 0.3 is 0 Å². The zero-order valence-corrected chi connectivity index (χ0v) is 22.5. The van der Waals surface area contributed by atoms with E-state index in [1.807, 2.05) is 24.4 Å².